The first-order chi connectivity index (χ1) is 12.2. The van der Waals surface area contributed by atoms with Crippen molar-refractivity contribution in [3.05, 3.63) is 71.1 Å². The number of aromatic nitrogens is 1. The van der Waals surface area contributed by atoms with Crippen molar-refractivity contribution in [3.63, 3.8) is 0 Å². The van der Waals surface area contributed by atoms with Crippen LogP contribution in [0.4, 0.5) is 5.13 Å². The van der Waals surface area contributed by atoms with Gasteiger partial charge in [-0.2, -0.15) is 0 Å². The van der Waals surface area contributed by atoms with Crippen LogP contribution in [0.25, 0.3) is 11.3 Å². The number of carbonyl (C=O) groups excluding carboxylic acids is 2. The lowest BCUT2D eigenvalue weighted by Gasteiger charge is -2.01. The molecular weight excluding hydrogens is 336 g/mol. The van der Waals surface area contributed by atoms with E-state index in [1.165, 1.54) is 18.4 Å². The summed E-state index contributed by atoms with van der Waals surface area (Å²) in [5.74, 6) is -0.583. The van der Waals surface area contributed by atoms with Crippen molar-refractivity contribution in [2.75, 3.05) is 12.4 Å². The van der Waals surface area contributed by atoms with E-state index in [1.807, 2.05) is 36.4 Å². The van der Waals surface area contributed by atoms with Gasteiger partial charge in [0.05, 0.1) is 19.2 Å². The van der Waals surface area contributed by atoms with Gasteiger partial charge >= 0.3 is 5.97 Å². The van der Waals surface area contributed by atoms with Gasteiger partial charge in [0.15, 0.2) is 5.13 Å². The summed E-state index contributed by atoms with van der Waals surface area (Å²) in [6.07, 6.45) is 0.111. The quantitative estimate of drug-likeness (QED) is 0.710. The van der Waals surface area contributed by atoms with Gasteiger partial charge in [0.1, 0.15) is 0 Å². The number of methoxy groups -OCH3 is 1. The van der Waals surface area contributed by atoms with Gasteiger partial charge in [0.2, 0.25) is 0 Å². The minimum Gasteiger partial charge on any atom is -0.469 e. The van der Waals surface area contributed by atoms with Crippen molar-refractivity contribution in [1.82, 2.24) is 4.98 Å². The Hall–Kier alpha value is -2.99. The van der Waals surface area contributed by atoms with Crippen LogP contribution in [0.3, 0.4) is 0 Å². The molecule has 1 heterocycles. The Morgan fingerprint density at radius 3 is 2.32 bits per heavy atom. The number of rotatable bonds is 5. The summed E-state index contributed by atoms with van der Waals surface area (Å²) in [6.45, 7) is 0. The van der Waals surface area contributed by atoms with Crippen LogP contribution in [0.1, 0.15) is 15.2 Å². The standard InChI is InChI=1S/C19H16N2O3S/c1-24-16(22)12-15-17(13-8-4-2-5-9-13)20-19(25-15)21-18(23)14-10-6-3-7-11-14/h2-11H,12H2,1H3,(H,20,21,23). The molecule has 6 heteroatoms. The third-order valence-electron chi connectivity index (χ3n) is 3.53. The molecule has 5 nitrogen and oxygen atoms in total. The van der Waals surface area contributed by atoms with Crippen LogP contribution in [0.5, 0.6) is 0 Å². The first-order valence-corrected chi connectivity index (χ1v) is 8.47. The molecule has 0 saturated carbocycles. The molecule has 25 heavy (non-hydrogen) atoms. The second-order valence-corrected chi connectivity index (χ2v) is 6.31. The first kappa shape index (κ1) is 16.9. The average Bonchev–Trinajstić information content (AvgIpc) is 3.05. The summed E-state index contributed by atoms with van der Waals surface area (Å²) in [7, 11) is 1.35. The predicted octanol–water partition coefficient (Wildman–Crippen LogP) is 3.78. The van der Waals surface area contributed by atoms with Crippen molar-refractivity contribution >= 4 is 28.3 Å². The summed E-state index contributed by atoms with van der Waals surface area (Å²) in [6, 6.07) is 18.5. The average molecular weight is 352 g/mol. The highest BCUT2D eigenvalue weighted by atomic mass is 32.1. The Kier molecular flexibility index (Phi) is 5.20. The monoisotopic (exact) mass is 352 g/mol. The fourth-order valence-corrected chi connectivity index (χ4v) is 3.27. The lowest BCUT2D eigenvalue weighted by Crippen LogP contribution is -2.11. The summed E-state index contributed by atoms with van der Waals surface area (Å²) in [5.41, 5.74) is 2.12. The van der Waals surface area contributed by atoms with Crippen molar-refractivity contribution in [3.8, 4) is 11.3 Å². The Balaban J connectivity index is 1.90. The molecule has 1 aromatic heterocycles. The van der Waals surface area contributed by atoms with E-state index in [4.69, 9.17) is 4.74 Å². The number of ether oxygens (including phenoxy) is 1. The molecule has 0 aliphatic carbocycles. The van der Waals surface area contributed by atoms with Crippen LogP contribution < -0.4 is 5.32 Å². The smallest absolute Gasteiger partial charge is 0.310 e. The van der Waals surface area contributed by atoms with Gasteiger partial charge in [-0.3, -0.25) is 14.9 Å². The Morgan fingerprint density at radius 1 is 1.04 bits per heavy atom. The van der Waals surface area contributed by atoms with E-state index >= 15 is 0 Å². The number of nitrogens with one attached hydrogen (secondary N) is 1. The number of benzene rings is 2. The highest BCUT2D eigenvalue weighted by Gasteiger charge is 2.18. The summed E-state index contributed by atoms with van der Waals surface area (Å²) < 4.78 is 4.76. The van der Waals surface area contributed by atoms with E-state index in [1.54, 1.807) is 24.3 Å². The second kappa shape index (κ2) is 7.72. The largest absolute Gasteiger partial charge is 0.469 e. The fraction of sp³-hybridized carbons (Fsp3) is 0.105. The molecule has 0 radical (unpaired) electrons. The van der Waals surface area contributed by atoms with Crippen molar-refractivity contribution in [2.24, 2.45) is 0 Å². The maximum absolute atomic E-state index is 12.3. The van der Waals surface area contributed by atoms with Crippen LogP contribution in [0, 0.1) is 0 Å². The van der Waals surface area contributed by atoms with Crippen LogP contribution in [-0.2, 0) is 16.0 Å². The lowest BCUT2D eigenvalue weighted by atomic mass is 10.1. The van der Waals surface area contributed by atoms with E-state index < -0.39 is 0 Å². The molecule has 0 aliphatic heterocycles. The third kappa shape index (κ3) is 4.10. The molecule has 0 aliphatic rings. The predicted molar refractivity (Wildman–Crippen MR) is 97.7 cm³/mol. The van der Waals surface area contributed by atoms with Gasteiger partial charge in [0, 0.05) is 16.0 Å². The lowest BCUT2D eigenvalue weighted by molar-refractivity contribution is -0.139. The number of amides is 1. The fourth-order valence-electron chi connectivity index (χ4n) is 2.31. The SMILES string of the molecule is COC(=O)Cc1sc(NC(=O)c2ccccc2)nc1-c1ccccc1. The van der Waals surface area contributed by atoms with E-state index in [9.17, 15) is 9.59 Å². The molecule has 1 amide bonds. The molecular formula is C19H16N2O3S. The van der Waals surface area contributed by atoms with Crippen LogP contribution in [-0.4, -0.2) is 24.0 Å². The number of esters is 1. The van der Waals surface area contributed by atoms with Gasteiger partial charge in [-0.15, -0.1) is 11.3 Å². The van der Waals surface area contributed by atoms with Gasteiger partial charge in [-0.25, -0.2) is 4.98 Å². The third-order valence-corrected chi connectivity index (χ3v) is 4.50. The second-order valence-electron chi connectivity index (χ2n) is 5.23. The Morgan fingerprint density at radius 2 is 1.68 bits per heavy atom. The number of hydrogen-bond acceptors (Lipinski definition) is 5. The number of thiazole rings is 1. The molecule has 0 saturated heterocycles. The molecule has 1 N–H and O–H groups in total. The molecule has 0 fully saturated rings. The maximum Gasteiger partial charge on any atom is 0.310 e. The van der Waals surface area contributed by atoms with Gasteiger partial charge < -0.3 is 4.74 Å². The molecule has 2 aromatic carbocycles. The summed E-state index contributed by atoms with van der Waals surface area (Å²) in [4.78, 5) is 29.3. The van der Waals surface area contributed by atoms with Crippen LogP contribution >= 0.6 is 11.3 Å². The zero-order chi connectivity index (χ0) is 17.6. The van der Waals surface area contributed by atoms with Gasteiger partial charge in [-0.1, -0.05) is 48.5 Å². The molecule has 126 valence electrons. The number of carbonyl (C=O) groups is 2. The summed E-state index contributed by atoms with van der Waals surface area (Å²) in [5, 5.41) is 3.25. The number of hydrogen-bond donors (Lipinski definition) is 1. The number of anilines is 1. The zero-order valence-electron chi connectivity index (χ0n) is 13.6. The van der Waals surface area contributed by atoms with E-state index in [-0.39, 0.29) is 18.3 Å². The molecule has 3 aromatic rings. The van der Waals surface area contributed by atoms with Crippen LogP contribution in [0.15, 0.2) is 60.7 Å². The Bertz CT molecular complexity index is 876. The summed E-state index contributed by atoms with van der Waals surface area (Å²) >= 11 is 1.28. The molecule has 0 unspecified atom stereocenters. The minimum absolute atomic E-state index is 0.111. The maximum atomic E-state index is 12.3. The highest BCUT2D eigenvalue weighted by molar-refractivity contribution is 7.16. The van der Waals surface area contributed by atoms with E-state index in [2.05, 4.69) is 10.3 Å². The molecule has 0 atom stereocenters. The van der Waals surface area contributed by atoms with Crippen molar-refractivity contribution < 1.29 is 14.3 Å². The normalized spacial score (nSPS) is 10.3. The Labute approximate surface area is 149 Å². The first-order valence-electron chi connectivity index (χ1n) is 7.65. The zero-order valence-corrected chi connectivity index (χ0v) is 14.4. The van der Waals surface area contributed by atoms with Gasteiger partial charge in [-0.05, 0) is 12.1 Å². The molecule has 3 rings (SSSR count). The van der Waals surface area contributed by atoms with Crippen LogP contribution in [0.2, 0.25) is 0 Å². The molecule has 0 bridgehead atoms. The van der Waals surface area contributed by atoms with E-state index in [0.29, 0.717) is 16.4 Å². The van der Waals surface area contributed by atoms with Crippen molar-refractivity contribution in [1.29, 1.82) is 0 Å². The number of nitrogens with zero attached hydrogens (tertiary/aromatic N) is 1. The topological polar surface area (TPSA) is 68.3 Å². The van der Waals surface area contributed by atoms with Crippen molar-refractivity contribution in [2.45, 2.75) is 6.42 Å². The minimum atomic E-state index is -0.346. The van der Waals surface area contributed by atoms with Gasteiger partial charge in [0.25, 0.3) is 5.91 Å². The van der Waals surface area contributed by atoms with E-state index in [0.717, 1.165) is 10.4 Å². The molecule has 0 spiro atoms. The highest BCUT2D eigenvalue weighted by Crippen LogP contribution is 2.32.